The minimum Gasteiger partial charge on any atom is -0.496 e. The van der Waals surface area contributed by atoms with Crippen LogP contribution in [0.15, 0.2) is 22.7 Å². The van der Waals surface area contributed by atoms with Gasteiger partial charge in [0.15, 0.2) is 0 Å². The second-order valence-electron chi connectivity index (χ2n) is 5.23. The molecule has 0 radical (unpaired) electrons. The van der Waals surface area contributed by atoms with Crippen LogP contribution in [0.3, 0.4) is 0 Å². The molecular formula is C15H20BrNO2. The van der Waals surface area contributed by atoms with E-state index in [1.807, 2.05) is 0 Å². The van der Waals surface area contributed by atoms with E-state index in [0.717, 1.165) is 22.7 Å². The van der Waals surface area contributed by atoms with Crippen molar-refractivity contribution in [3.05, 3.63) is 28.2 Å². The van der Waals surface area contributed by atoms with E-state index in [4.69, 9.17) is 4.74 Å². The third-order valence-corrected chi connectivity index (χ3v) is 4.60. The van der Waals surface area contributed by atoms with Crippen LogP contribution >= 0.6 is 15.9 Å². The number of nitrogens with one attached hydrogen (secondary N) is 1. The molecule has 2 rings (SSSR count). The largest absolute Gasteiger partial charge is 0.496 e. The highest BCUT2D eigenvalue weighted by atomic mass is 79.9. The first-order valence-electron chi connectivity index (χ1n) is 6.73. The minimum absolute atomic E-state index is 0.0116. The van der Waals surface area contributed by atoms with Crippen molar-refractivity contribution in [1.29, 1.82) is 0 Å². The lowest BCUT2D eigenvalue weighted by atomic mass is 9.98. The van der Waals surface area contributed by atoms with Crippen molar-refractivity contribution in [2.75, 3.05) is 13.7 Å². The highest BCUT2D eigenvalue weighted by Crippen LogP contribution is 2.30. The first-order valence-corrected chi connectivity index (χ1v) is 7.53. The van der Waals surface area contributed by atoms with Crippen LogP contribution < -0.4 is 10.1 Å². The molecule has 0 aliphatic heterocycles. The van der Waals surface area contributed by atoms with E-state index in [-0.39, 0.29) is 5.91 Å². The van der Waals surface area contributed by atoms with Gasteiger partial charge in [-0.3, -0.25) is 4.79 Å². The Hall–Kier alpha value is -1.03. The molecule has 1 aliphatic carbocycles. The number of halogens is 1. The van der Waals surface area contributed by atoms with Gasteiger partial charge in [0, 0.05) is 12.1 Å². The Labute approximate surface area is 122 Å². The molecule has 2 atom stereocenters. The smallest absolute Gasteiger partial charge is 0.251 e. The molecule has 0 bridgehead atoms. The fourth-order valence-electron chi connectivity index (χ4n) is 2.66. The van der Waals surface area contributed by atoms with Gasteiger partial charge >= 0.3 is 0 Å². The van der Waals surface area contributed by atoms with Crippen molar-refractivity contribution >= 4 is 21.8 Å². The van der Waals surface area contributed by atoms with Crippen LogP contribution in [0.4, 0.5) is 0 Å². The molecule has 4 heteroatoms. The molecule has 1 aromatic rings. The van der Waals surface area contributed by atoms with E-state index in [9.17, 15) is 4.79 Å². The highest BCUT2D eigenvalue weighted by molar-refractivity contribution is 9.10. The first-order chi connectivity index (χ1) is 9.11. The van der Waals surface area contributed by atoms with E-state index in [1.165, 1.54) is 19.3 Å². The number of hydrogen-bond donors (Lipinski definition) is 1. The molecule has 0 saturated heterocycles. The number of ether oxygens (including phenoxy) is 1. The Morgan fingerprint density at radius 3 is 2.84 bits per heavy atom. The molecule has 0 heterocycles. The van der Waals surface area contributed by atoms with E-state index >= 15 is 0 Å². The van der Waals surface area contributed by atoms with E-state index in [0.29, 0.717) is 11.5 Å². The Kier molecular flexibility index (Phi) is 4.86. The van der Waals surface area contributed by atoms with Gasteiger partial charge < -0.3 is 10.1 Å². The van der Waals surface area contributed by atoms with Crippen molar-refractivity contribution in [3.8, 4) is 5.75 Å². The molecule has 1 fully saturated rings. The lowest BCUT2D eigenvalue weighted by molar-refractivity contribution is 0.0944. The number of amides is 1. The van der Waals surface area contributed by atoms with Gasteiger partial charge in [0.25, 0.3) is 5.91 Å². The summed E-state index contributed by atoms with van der Waals surface area (Å²) in [6.45, 7) is 3.05. The molecule has 1 aromatic carbocycles. The van der Waals surface area contributed by atoms with Gasteiger partial charge in [-0.15, -0.1) is 0 Å². The lowest BCUT2D eigenvalue weighted by Crippen LogP contribution is -2.30. The van der Waals surface area contributed by atoms with Crippen LogP contribution in [0, 0.1) is 11.8 Å². The van der Waals surface area contributed by atoms with E-state index < -0.39 is 0 Å². The number of carbonyl (C=O) groups is 1. The third kappa shape index (κ3) is 3.50. The molecule has 0 aromatic heterocycles. The summed E-state index contributed by atoms with van der Waals surface area (Å²) in [4.78, 5) is 12.1. The fourth-order valence-corrected chi connectivity index (χ4v) is 3.20. The van der Waals surface area contributed by atoms with Crippen molar-refractivity contribution < 1.29 is 9.53 Å². The predicted molar refractivity (Wildman–Crippen MR) is 79.5 cm³/mol. The van der Waals surface area contributed by atoms with Crippen LogP contribution in [-0.4, -0.2) is 19.6 Å². The van der Waals surface area contributed by atoms with Crippen molar-refractivity contribution in [2.24, 2.45) is 11.8 Å². The van der Waals surface area contributed by atoms with E-state index in [1.54, 1.807) is 25.3 Å². The summed E-state index contributed by atoms with van der Waals surface area (Å²) in [6, 6.07) is 5.39. The van der Waals surface area contributed by atoms with Crippen LogP contribution in [0.5, 0.6) is 5.75 Å². The Balaban J connectivity index is 1.94. The Bertz CT molecular complexity index is 461. The third-order valence-electron chi connectivity index (χ3n) is 3.98. The molecule has 0 spiro atoms. The zero-order chi connectivity index (χ0) is 13.8. The van der Waals surface area contributed by atoms with Crippen LogP contribution in [0.2, 0.25) is 0 Å². The maximum absolute atomic E-state index is 12.1. The summed E-state index contributed by atoms with van der Waals surface area (Å²) in [5.41, 5.74) is 0.665. The molecule has 1 saturated carbocycles. The number of hydrogen-bond acceptors (Lipinski definition) is 2. The van der Waals surface area contributed by atoms with E-state index in [2.05, 4.69) is 28.2 Å². The Morgan fingerprint density at radius 2 is 2.26 bits per heavy atom. The summed E-state index contributed by atoms with van der Waals surface area (Å²) >= 11 is 3.40. The molecule has 3 nitrogen and oxygen atoms in total. The monoisotopic (exact) mass is 325 g/mol. The molecule has 104 valence electrons. The van der Waals surface area contributed by atoms with Crippen LogP contribution in [0.25, 0.3) is 0 Å². The van der Waals surface area contributed by atoms with Crippen LogP contribution in [0.1, 0.15) is 36.5 Å². The predicted octanol–water partition coefficient (Wildman–Crippen LogP) is 3.62. The van der Waals surface area contributed by atoms with Crippen molar-refractivity contribution in [2.45, 2.75) is 26.2 Å². The van der Waals surface area contributed by atoms with Gasteiger partial charge in [-0.1, -0.05) is 19.8 Å². The topological polar surface area (TPSA) is 38.3 Å². The summed E-state index contributed by atoms with van der Waals surface area (Å²) in [6.07, 6.45) is 3.80. The summed E-state index contributed by atoms with van der Waals surface area (Å²) in [5.74, 6) is 2.08. The number of benzene rings is 1. The first kappa shape index (κ1) is 14.4. The number of methoxy groups -OCH3 is 1. The molecule has 1 amide bonds. The quantitative estimate of drug-likeness (QED) is 0.918. The minimum atomic E-state index is -0.0116. The molecular weight excluding hydrogens is 306 g/mol. The number of rotatable bonds is 4. The van der Waals surface area contributed by atoms with Gasteiger partial charge in [0.2, 0.25) is 0 Å². The molecule has 1 aliphatic rings. The Morgan fingerprint density at radius 1 is 1.47 bits per heavy atom. The molecule has 19 heavy (non-hydrogen) atoms. The summed E-state index contributed by atoms with van der Waals surface area (Å²) in [5, 5.41) is 3.04. The maximum Gasteiger partial charge on any atom is 0.251 e. The van der Waals surface area contributed by atoms with Gasteiger partial charge in [0.1, 0.15) is 5.75 Å². The van der Waals surface area contributed by atoms with Crippen molar-refractivity contribution in [3.63, 3.8) is 0 Å². The molecule has 2 unspecified atom stereocenters. The molecule has 1 N–H and O–H groups in total. The summed E-state index contributed by atoms with van der Waals surface area (Å²) in [7, 11) is 1.61. The average Bonchev–Trinajstić information content (AvgIpc) is 2.81. The number of carbonyl (C=O) groups excluding carboxylic acids is 1. The van der Waals surface area contributed by atoms with Gasteiger partial charge in [0.05, 0.1) is 11.6 Å². The normalized spacial score (nSPS) is 22.3. The van der Waals surface area contributed by atoms with Crippen LogP contribution in [-0.2, 0) is 0 Å². The second-order valence-corrected chi connectivity index (χ2v) is 6.08. The van der Waals surface area contributed by atoms with Gasteiger partial charge in [-0.05, 0) is 52.4 Å². The zero-order valence-corrected chi connectivity index (χ0v) is 13.0. The zero-order valence-electron chi connectivity index (χ0n) is 11.4. The summed E-state index contributed by atoms with van der Waals surface area (Å²) < 4.78 is 5.96. The highest BCUT2D eigenvalue weighted by Gasteiger charge is 2.23. The van der Waals surface area contributed by atoms with Gasteiger partial charge in [-0.2, -0.15) is 0 Å². The van der Waals surface area contributed by atoms with Crippen molar-refractivity contribution in [1.82, 2.24) is 5.32 Å². The fraction of sp³-hybridized carbons (Fsp3) is 0.533. The lowest BCUT2D eigenvalue weighted by Gasteiger charge is -2.16. The van der Waals surface area contributed by atoms with Gasteiger partial charge in [-0.25, -0.2) is 0 Å². The second kappa shape index (κ2) is 6.42. The average molecular weight is 326 g/mol. The SMILES string of the molecule is COc1ccc(C(=O)NCC2CCCC2C)cc1Br. The standard InChI is InChI=1S/C15H20BrNO2/c1-10-4-3-5-12(10)9-17-15(18)11-6-7-14(19-2)13(16)8-11/h6-8,10,12H,3-5,9H2,1-2H3,(H,17,18). The maximum atomic E-state index is 12.1.